The second-order valence-electron chi connectivity index (χ2n) is 4.80. The van der Waals surface area contributed by atoms with E-state index in [1.807, 2.05) is 30.9 Å². The Morgan fingerprint density at radius 1 is 1.33 bits per heavy atom. The van der Waals surface area contributed by atoms with Crippen molar-refractivity contribution in [3.63, 3.8) is 0 Å². The molecule has 0 N–H and O–H groups in total. The van der Waals surface area contributed by atoms with Gasteiger partial charge in [-0.3, -0.25) is 4.79 Å². The zero-order valence-electron chi connectivity index (χ0n) is 11.4. The fourth-order valence-electron chi connectivity index (χ4n) is 2.04. The molecule has 0 saturated heterocycles. The summed E-state index contributed by atoms with van der Waals surface area (Å²) < 4.78 is 0. The van der Waals surface area contributed by atoms with Crippen LogP contribution < -0.4 is 0 Å². The Kier molecular flexibility index (Phi) is 6.20. The molecule has 0 aliphatic heterocycles. The second-order valence-corrected chi connectivity index (χ2v) is 5.17. The molecule has 0 bridgehead atoms. The lowest BCUT2D eigenvalue weighted by Crippen LogP contribution is -2.38. The molecular weight excluding hydrogens is 246 g/mol. The van der Waals surface area contributed by atoms with Crippen LogP contribution in [0.15, 0.2) is 24.3 Å². The van der Waals surface area contributed by atoms with Crippen LogP contribution in [-0.4, -0.2) is 29.3 Å². The van der Waals surface area contributed by atoms with Gasteiger partial charge in [-0.25, -0.2) is 0 Å². The Hall–Kier alpha value is -1.02. The molecule has 1 aromatic carbocycles. The summed E-state index contributed by atoms with van der Waals surface area (Å²) in [7, 11) is 0. The summed E-state index contributed by atoms with van der Waals surface area (Å²) in [6, 6.07) is 8.43. The summed E-state index contributed by atoms with van der Waals surface area (Å²) in [4.78, 5) is 14.0. The average Bonchev–Trinajstić information content (AvgIpc) is 2.34. The number of rotatable bonds is 6. The van der Waals surface area contributed by atoms with Crippen LogP contribution in [0.1, 0.15) is 31.4 Å². The number of hydrogen-bond donors (Lipinski definition) is 0. The van der Waals surface area contributed by atoms with E-state index >= 15 is 0 Å². The molecule has 0 aliphatic carbocycles. The number of nitrogens with zero attached hydrogens (tertiary/aromatic N) is 1. The Bertz CT molecular complexity index is 390. The summed E-state index contributed by atoms with van der Waals surface area (Å²) in [5, 5.41) is 0. The van der Waals surface area contributed by atoms with Gasteiger partial charge in [0, 0.05) is 24.9 Å². The maximum absolute atomic E-state index is 12.1. The second kappa shape index (κ2) is 7.42. The molecule has 0 radical (unpaired) electrons. The maximum atomic E-state index is 12.1. The van der Waals surface area contributed by atoms with E-state index in [1.54, 1.807) is 0 Å². The predicted octanol–water partition coefficient (Wildman–Crippen LogP) is 3.40. The SMILES string of the molecule is Cc1ccccc1CCC(=O)N(CCCl)C(C)C. The summed E-state index contributed by atoms with van der Waals surface area (Å²) >= 11 is 5.73. The molecule has 0 fully saturated rings. The smallest absolute Gasteiger partial charge is 0.223 e. The fraction of sp³-hybridized carbons (Fsp3) is 0.533. The van der Waals surface area contributed by atoms with Crippen molar-refractivity contribution in [2.45, 2.75) is 39.7 Å². The Balaban J connectivity index is 2.57. The highest BCUT2D eigenvalue weighted by Gasteiger charge is 2.16. The standard InChI is InChI=1S/C15H22ClNO/c1-12(2)17(11-10-16)15(18)9-8-14-7-5-4-6-13(14)3/h4-7,12H,8-11H2,1-3H3. The number of carbonyl (C=O) groups excluding carboxylic acids is 1. The third-order valence-corrected chi connectivity index (χ3v) is 3.31. The lowest BCUT2D eigenvalue weighted by molar-refractivity contribution is -0.132. The first kappa shape index (κ1) is 15.0. The molecule has 0 unspecified atom stereocenters. The van der Waals surface area contributed by atoms with Gasteiger partial charge in [0.05, 0.1) is 0 Å². The minimum Gasteiger partial charge on any atom is -0.339 e. The summed E-state index contributed by atoms with van der Waals surface area (Å²) in [6.07, 6.45) is 1.36. The minimum atomic E-state index is 0.189. The van der Waals surface area contributed by atoms with E-state index in [-0.39, 0.29) is 11.9 Å². The number of halogens is 1. The van der Waals surface area contributed by atoms with Crippen molar-refractivity contribution in [1.82, 2.24) is 4.90 Å². The summed E-state index contributed by atoms with van der Waals surface area (Å²) in [6.45, 7) is 6.76. The molecule has 0 saturated carbocycles. The normalized spacial score (nSPS) is 10.7. The van der Waals surface area contributed by atoms with Gasteiger partial charge in [-0.2, -0.15) is 0 Å². The number of hydrogen-bond acceptors (Lipinski definition) is 1. The molecule has 0 atom stereocenters. The molecule has 0 aliphatic rings. The predicted molar refractivity (Wildman–Crippen MR) is 77.1 cm³/mol. The van der Waals surface area contributed by atoms with Gasteiger partial charge >= 0.3 is 0 Å². The van der Waals surface area contributed by atoms with Crippen LogP contribution in [0.25, 0.3) is 0 Å². The summed E-state index contributed by atoms with van der Waals surface area (Å²) in [5.74, 6) is 0.683. The van der Waals surface area contributed by atoms with Crippen molar-refractivity contribution in [2.75, 3.05) is 12.4 Å². The maximum Gasteiger partial charge on any atom is 0.223 e. The monoisotopic (exact) mass is 267 g/mol. The Morgan fingerprint density at radius 2 is 2.00 bits per heavy atom. The largest absolute Gasteiger partial charge is 0.339 e. The molecule has 0 heterocycles. The van der Waals surface area contributed by atoms with Crippen molar-refractivity contribution in [3.8, 4) is 0 Å². The van der Waals surface area contributed by atoms with E-state index in [4.69, 9.17) is 11.6 Å². The van der Waals surface area contributed by atoms with Crippen molar-refractivity contribution in [3.05, 3.63) is 35.4 Å². The number of alkyl halides is 1. The molecule has 18 heavy (non-hydrogen) atoms. The van der Waals surface area contributed by atoms with E-state index in [1.165, 1.54) is 11.1 Å². The first-order chi connectivity index (χ1) is 8.56. The number of carbonyl (C=O) groups is 1. The van der Waals surface area contributed by atoms with Crippen molar-refractivity contribution < 1.29 is 4.79 Å². The van der Waals surface area contributed by atoms with Gasteiger partial charge in [0.15, 0.2) is 0 Å². The van der Waals surface area contributed by atoms with Crippen LogP contribution in [0.3, 0.4) is 0 Å². The highest BCUT2D eigenvalue weighted by Crippen LogP contribution is 2.11. The zero-order chi connectivity index (χ0) is 13.5. The van der Waals surface area contributed by atoms with Gasteiger partial charge in [-0.05, 0) is 38.3 Å². The lowest BCUT2D eigenvalue weighted by Gasteiger charge is -2.26. The van der Waals surface area contributed by atoms with Gasteiger partial charge in [-0.1, -0.05) is 24.3 Å². The molecule has 2 nitrogen and oxygen atoms in total. The summed E-state index contributed by atoms with van der Waals surface area (Å²) in [5.41, 5.74) is 2.50. The lowest BCUT2D eigenvalue weighted by atomic mass is 10.0. The molecule has 0 spiro atoms. The van der Waals surface area contributed by atoms with Crippen LogP contribution in [0.4, 0.5) is 0 Å². The molecule has 3 heteroatoms. The first-order valence-electron chi connectivity index (χ1n) is 6.46. The van der Waals surface area contributed by atoms with Crippen LogP contribution in [0.5, 0.6) is 0 Å². The van der Waals surface area contributed by atoms with Crippen LogP contribution in [0, 0.1) is 6.92 Å². The van der Waals surface area contributed by atoms with Crippen LogP contribution >= 0.6 is 11.6 Å². The fourth-order valence-corrected chi connectivity index (χ4v) is 2.22. The van der Waals surface area contributed by atoms with Gasteiger partial charge in [0.2, 0.25) is 5.91 Å². The highest BCUT2D eigenvalue weighted by atomic mass is 35.5. The Morgan fingerprint density at radius 3 is 2.56 bits per heavy atom. The van der Waals surface area contributed by atoms with E-state index in [0.29, 0.717) is 18.8 Å². The van der Waals surface area contributed by atoms with E-state index in [9.17, 15) is 4.79 Å². The molecule has 100 valence electrons. The molecule has 1 aromatic rings. The number of aryl methyl sites for hydroxylation is 2. The zero-order valence-corrected chi connectivity index (χ0v) is 12.2. The third kappa shape index (κ3) is 4.34. The van der Waals surface area contributed by atoms with Crippen molar-refractivity contribution >= 4 is 17.5 Å². The third-order valence-electron chi connectivity index (χ3n) is 3.14. The van der Waals surface area contributed by atoms with E-state index in [0.717, 1.165) is 6.42 Å². The minimum absolute atomic E-state index is 0.189. The number of benzene rings is 1. The van der Waals surface area contributed by atoms with E-state index < -0.39 is 0 Å². The van der Waals surface area contributed by atoms with Gasteiger partial charge in [0.25, 0.3) is 0 Å². The van der Waals surface area contributed by atoms with Gasteiger partial charge in [-0.15, -0.1) is 11.6 Å². The van der Waals surface area contributed by atoms with Crippen LogP contribution in [0.2, 0.25) is 0 Å². The van der Waals surface area contributed by atoms with Crippen molar-refractivity contribution in [2.24, 2.45) is 0 Å². The first-order valence-corrected chi connectivity index (χ1v) is 6.99. The van der Waals surface area contributed by atoms with Gasteiger partial charge in [0.1, 0.15) is 0 Å². The topological polar surface area (TPSA) is 20.3 Å². The number of amides is 1. The molecule has 1 amide bonds. The molecule has 1 rings (SSSR count). The molecular formula is C15H22ClNO. The van der Waals surface area contributed by atoms with Crippen LogP contribution in [-0.2, 0) is 11.2 Å². The quantitative estimate of drug-likeness (QED) is 0.724. The van der Waals surface area contributed by atoms with E-state index in [2.05, 4.69) is 19.1 Å². The van der Waals surface area contributed by atoms with Crippen molar-refractivity contribution in [1.29, 1.82) is 0 Å². The Labute approximate surface area is 115 Å². The average molecular weight is 268 g/mol. The highest BCUT2D eigenvalue weighted by molar-refractivity contribution is 6.18. The molecule has 0 aromatic heterocycles. The van der Waals surface area contributed by atoms with Gasteiger partial charge < -0.3 is 4.90 Å².